The van der Waals surface area contributed by atoms with E-state index in [1.807, 2.05) is 6.20 Å². The number of aryl methyl sites for hydroxylation is 1. The van der Waals surface area contributed by atoms with Crippen LogP contribution in [0.15, 0.2) is 18.3 Å². The molecule has 3 nitrogen and oxygen atoms in total. The van der Waals surface area contributed by atoms with Gasteiger partial charge in [0.15, 0.2) is 0 Å². The summed E-state index contributed by atoms with van der Waals surface area (Å²) in [6, 6.07) is 4.31. The summed E-state index contributed by atoms with van der Waals surface area (Å²) in [6.45, 7) is 6.47. The van der Waals surface area contributed by atoms with Gasteiger partial charge in [-0.25, -0.2) is 0 Å². The van der Waals surface area contributed by atoms with Gasteiger partial charge in [-0.2, -0.15) is 0 Å². The summed E-state index contributed by atoms with van der Waals surface area (Å²) in [5.41, 5.74) is 8.60. The summed E-state index contributed by atoms with van der Waals surface area (Å²) < 4.78 is 0. The Bertz CT molecular complexity index is 341. The molecule has 1 aromatic heterocycles. The maximum Gasteiger partial charge on any atom is 0.0419 e. The van der Waals surface area contributed by atoms with Gasteiger partial charge in [0.2, 0.25) is 0 Å². The fourth-order valence-corrected chi connectivity index (χ4v) is 1.59. The Hall–Kier alpha value is -0.930. The Morgan fingerprint density at radius 1 is 1.35 bits per heavy atom. The molecule has 0 saturated carbocycles. The average molecular weight is 235 g/mol. The zero-order chi connectivity index (χ0) is 13.1. The van der Waals surface area contributed by atoms with E-state index in [0.717, 1.165) is 18.5 Å². The van der Waals surface area contributed by atoms with Crippen molar-refractivity contribution in [3.8, 4) is 0 Å². The van der Waals surface area contributed by atoms with Gasteiger partial charge >= 0.3 is 0 Å². The zero-order valence-electron chi connectivity index (χ0n) is 11.7. The van der Waals surface area contributed by atoms with E-state index in [0.29, 0.717) is 0 Å². The molecule has 0 radical (unpaired) electrons. The molecule has 0 aliphatic carbocycles. The average Bonchev–Trinajstić information content (AvgIpc) is 2.29. The third-order valence-electron chi connectivity index (χ3n) is 3.78. The van der Waals surface area contributed by atoms with E-state index < -0.39 is 0 Å². The van der Waals surface area contributed by atoms with E-state index in [2.05, 4.69) is 56.9 Å². The normalized spacial score (nSPS) is 14.1. The molecule has 3 heteroatoms. The summed E-state index contributed by atoms with van der Waals surface area (Å²) in [7, 11) is 4.13. The summed E-state index contributed by atoms with van der Waals surface area (Å²) in [5, 5.41) is 0. The van der Waals surface area contributed by atoms with Crippen LogP contribution in [0.1, 0.15) is 32.0 Å². The standard InChI is InChI=1S/C14H25N3/c1-6-11-7-8-12(16-10-11)9-13(15)14(2,3)17(4)5/h7-8,10,13H,6,9,15H2,1-5H3. The van der Waals surface area contributed by atoms with Crippen LogP contribution in [0.2, 0.25) is 0 Å². The van der Waals surface area contributed by atoms with Gasteiger partial charge in [-0.3, -0.25) is 4.98 Å². The molecule has 96 valence electrons. The molecule has 17 heavy (non-hydrogen) atoms. The molecule has 0 spiro atoms. The van der Waals surface area contributed by atoms with Crippen LogP contribution in [0.25, 0.3) is 0 Å². The summed E-state index contributed by atoms with van der Waals surface area (Å²) in [5.74, 6) is 0. The molecule has 0 aromatic carbocycles. The van der Waals surface area contributed by atoms with Crippen LogP contribution in [0.3, 0.4) is 0 Å². The minimum atomic E-state index is -0.0227. The van der Waals surface area contributed by atoms with Crippen molar-refractivity contribution in [2.24, 2.45) is 5.73 Å². The van der Waals surface area contributed by atoms with Crippen LogP contribution in [0, 0.1) is 0 Å². The SMILES string of the molecule is CCc1ccc(CC(N)C(C)(C)N(C)C)nc1. The lowest BCUT2D eigenvalue weighted by molar-refractivity contribution is 0.157. The van der Waals surface area contributed by atoms with Gasteiger partial charge in [-0.15, -0.1) is 0 Å². The molecule has 0 amide bonds. The monoisotopic (exact) mass is 235 g/mol. The Kier molecular flexibility index (Phi) is 4.66. The van der Waals surface area contributed by atoms with Crippen LogP contribution in [-0.2, 0) is 12.8 Å². The second-order valence-electron chi connectivity index (χ2n) is 5.37. The van der Waals surface area contributed by atoms with Crippen molar-refractivity contribution in [2.45, 2.75) is 45.2 Å². The molecule has 1 unspecified atom stereocenters. The van der Waals surface area contributed by atoms with Crippen LogP contribution >= 0.6 is 0 Å². The fourth-order valence-electron chi connectivity index (χ4n) is 1.59. The van der Waals surface area contributed by atoms with E-state index >= 15 is 0 Å². The van der Waals surface area contributed by atoms with Gasteiger partial charge < -0.3 is 10.6 Å². The highest BCUT2D eigenvalue weighted by Gasteiger charge is 2.28. The fraction of sp³-hybridized carbons (Fsp3) is 0.643. The lowest BCUT2D eigenvalue weighted by Gasteiger charge is -2.38. The van der Waals surface area contributed by atoms with E-state index in [1.165, 1.54) is 5.56 Å². The number of rotatable bonds is 5. The topological polar surface area (TPSA) is 42.1 Å². The minimum Gasteiger partial charge on any atom is -0.326 e. The van der Waals surface area contributed by atoms with E-state index in [4.69, 9.17) is 5.73 Å². The van der Waals surface area contributed by atoms with Crippen LogP contribution in [-0.4, -0.2) is 35.6 Å². The Balaban J connectivity index is 2.70. The lowest BCUT2D eigenvalue weighted by Crippen LogP contribution is -2.54. The highest BCUT2D eigenvalue weighted by molar-refractivity contribution is 5.15. The maximum absolute atomic E-state index is 6.27. The van der Waals surface area contributed by atoms with Crippen LogP contribution in [0.5, 0.6) is 0 Å². The second kappa shape index (κ2) is 5.61. The number of hydrogen-bond acceptors (Lipinski definition) is 3. The first-order valence-electron chi connectivity index (χ1n) is 6.24. The van der Waals surface area contributed by atoms with Crippen molar-refractivity contribution in [2.75, 3.05) is 14.1 Å². The molecule has 2 N–H and O–H groups in total. The molecule has 1 heterocycles. The van der Waals surface area contributed by atoms with Crippen molar-refractivity contribution >= 4 is 0 Å². The summed E-state index contributed by atoms with van der Waals surface area (Å²) in [4.78, 5) is 6.63. The first-order chi connectivity index (χ1) is 7.87. The number of nitrogens with two attached hydrogens (primary N) is 1. The summed E-state index contributed by atoms with van der Waals surface area (Å²) in [6.07, 6.45) is 3.79. The summed E-state index contributed by atoms with van der Waals surface area (Å²) >= 11 is 0. The highest BCUT2D eigenvalue weighted by atomic mass is 15.2. The predicted molar refractivity (Wildman–Crippen MR) is 73.1 cm³/mol. The van der Waals surface area contributed by atoms with Gasteiger partial charge in [0.1, 0.15) is 0 Å². The zero-order valence-corrected chi connectivity index (χ0v) is 11.7. The van der Waals surface area contributed by atoms with Gasteiger partial charge in [0, 0.05) is 29.9 Å². The number of likely N-dealkylation sites (N-methyl/N-ethyl adjacent to an activating group) is 1. The van der Waals surface area contributed by atoms with Gasteiger partial charge in [-0.05, 0) is 46.0 Å². The number of aromatic nitrogens is 1. The second-order valence-corrected chi connectivity index (χ2v) is 5.37. The molecule has 0 aliphatic heterocycles. The van der Waals surface area contributed by atoms with E-state index in [9.17, 15) is 0 Å². The van der Waals surface area contributed by atoms with Gasteiger partial charge in [0.25, 0.3) is 0 Å². The Labute approximate surface area is 105 Å². The number of pyridine rings is 1. The third kappa shape index (κ3) is 3.51. The van der Waals surface area contributed by atoms with Crippen LogP contribution in [0.4, 0.5) is 0 Å². The highest BCUT2D eigenvalue weighted by Crippen LogP contribution is 2.17. The van der Waals surface area contributed by atoms with Crippen molar-refractivity contribution in [1.82, 2.24) is 9.88 Å². The molecule has 0 saturated heterocycles. The van der Waals surface area contributed by atoms with E-state index in [1.54, 1.807) is 0 Å². The smallest absolute Gasteiger partial charge is 0.0419 e. The Morgan fingerprint density at radius 3 is 2.41 bits per heavy atom. The first-order valence-corrected chi connectivity index (χ1v) is 6.24. The first kappa shape index (κ1) is 14.1. The van der Waals surface area contributed by atoms with Gasteiger partial charge in [-0.1, -0.05) is 13.0 Å². The molecule has 1 aromatic rings. The largest absolute Gasteiger partial charge is 0.326 e. The molecular formula is C14H25N3. The lowest BCUT2D eigenvalue weighted by atomic mass is 9.90. The Morgan fingerprint density at radius 2 is 2.00 bits per heavy atom. The van der Waals surface area contributed by atoms with Crippen molar-refractivity contribution < 1.29 is 0 Å². The van der Waals surface area contributed by atoms with Crippen molar-refractivity contribution in [3.63, 3.8) is 0 Å². The molecule has 1 rings (SSSR count). The number of nitrogens with zero attached hydrogens (tertiary/aromatic N) is 2. The third-order valence-corrected chi connectivity index (χ3v) is 3.78. The molecule has 0 fully saturated rings. The van der Waals surface area contributed by atoms with E-state index in [-0.39, 0.29) is 11.6 Å². The quantitative estimate of drug-likeness (QED) is 0.847. The maximum atomic E-state index is 6.27. The van der Waals surface area contributed by atoms with Crippen molar-refractivity contribution in [1.29, 1.82) is 0 Å². The molecule has 0 aliphatic rings. The van der Waals surface area contributed by atoms with Crippen molar-refractivity contribution in [3.05, 3.63) is 29.6 Å². The van der Waals surface area contributed by atoms with Gasteiger partial charge in [0.05, 0.1) is 0 Å². The van der Waals surface area contributed by atoms with Crippen LogP contribution < -0.4 is 5.73 Å². The predicted octanol–water partition coefficient (Wildman–Crippen LogP) is 1.85. The molecular weight excluding hydrogens is 210 g/mol. The number of hydrogen-bond donors (Lipinski definition) is 1. The molecule has 1 atom stereocenters. The minimum absolute atomic E-state index is 0.0227. The molecule has 0 bridgehead atoms.